The lowest BCUT2D eigenvalue weighted by molar-refractivity contribution is 0.112. The van der Waals surface area contributed by atoms with Crippen LogP contribution in [0.3, 0.4) is 0 Å². The number of ether oxygens (including phenoxy) is 1. The number of nitrogens with zero attached hydrogens (tertiary/aromatic N) is 3. The number of aldehydes is 1. The van der Waals surface area contributed by atoms with E-state index in [1.165, 1.54) is 0 Å². The molecule has 0 radical (unpaired) electrons. The van der Waals surface area contributed by atoms with Crippen LogP contribution in [0.1, 0.15) is 22.0 Å². The van der Waals surface area contributed by atoms with Crippen LogP contribution in [0.15, 0.2) is 22.7 Å². The summed E-state index contributed by atoms with van der Waals surface area (Å²) in [7, 11) is 1.88. The van der Waals surface area contributed by atoms with Crippen LogP contribution in [0.2, 0.25) is 0 Å². The minimum Gasteiger partial charge on any atom is -0.486 e. The zero-order valence-corrected chi connectivity index (χ0v) is 11.6. The van der Waals surface area contributed by atoms with Crippen molar-refractivity contribution in [2.24, 2.45) is 7.05 Å². The molecule has 0 aliphatic carbocycles. The summed E-state index contributed by atoms with van der Waals surface area (Å²) in [6.07, 6.45) is 0.781. The fraction of sp³-hybridized carbons (Fsp3) is 0.250. The molecule has 18 heavy (non-hydrogen) atoms. The maximum absolute atomic E-state index is 10.8. The second-order valence-electron chi connectivity index (χ2n) is 3.81. The molecule has 0 amide bonds. The van der Waals surface area contributed by atoms with Gasteiger partial charge in [-0.1, -0.05) is 15.9 Å². The molecular formula is C12H12BrN3O2. The predicted molar refractivity (Wildman–Crippen MR) is 69.6 cm³/mol. The zero-order valence-electron chi connectivity index (χ0n) is 10.1. The summed E-state index contributed by atoms with van der Waals surface area (Å²) in [6.45, 7) is 2.19. The molecule has 0 saturated heterocycles. The summed E-state index contributed by atoms with van der Waals surface area (Å²) in [6, 6.07) is 5.25. The first-order valence-corrected chi connectivity index (χ1v) is 6.13. The van der Waals surface area contributed by atoms with Gasteiger partial charge in [0.25, 0.3) is 0 Å². The summed E-state index contributed by atoms with van der Waals surface area (Å²) < 4.78 is 8.19. The minimum atomic E-state index is 0.317. The van der Waals surface area contributed by atoms with Gasteiger partial charge < -0.3 is 9.30 Å². The Morgan fingerprint density at radius 3 is 2.83 bits per heavy atom. The molecular weight excluding hydrogens is 298 g/mol. The van der Waals surface area contributed by atoms with Crippen molar-refractivity contribution in [2.45, 2.75) is 13.5 Å². The summed E-state index contributed by atoms with van der Waals surface area (Å²) in [4.78, 5) is 10.8. The van der Waals surface area contributed by atoms with Crippen molar-refractivity contribution >= 4 is 22.2 Å². The molecule has 1 heterocycles. The first-order chi connectivity index (χ1) is 8.61. The third-order valence-electron chi connectivity index (χ3n) is 2.65. The fourth-order valence-electron chi connectivity index (χ4n) is 1.43. The van der Waals surface area contributed by atoms with Crippen LogP contribution in [0.4, 0.5) is 0 Å². The van der Waals surface area contributed by atoms with Crippen LogP contribution in [-0.4, -0.2) is 21.1 Å². The van der Waals surface area contributed by atoms with E-state index >= 15 is 0 Å². The first-order valence-electron chi connectivity index (χ1n) is 5.34. The van der Waals surface area contributed by atoms with Gasteiger partial charge in [-0.2, -0.15) is 0 Å². The van der Waals surface area contributed by atoms with Gasteiger partial charge in [-0.05, 0) is 25.1 Å². The Morgan fingerprint density at radius 2 is 2.22 bits per heavy atom. The molecule has 0 bridgehead atoms. The summed E-state index contributed by atoms with van der Waals surface area (Å²) in [5.74, 6) is 2.20. The Bertz CT molecular complexity index is 581. The second-order valence-corrected chi connectivity index (χ2v) is 4.67. The van der Waals surface area contributed by atoms with E-state index < -0.39 is 0 Å². The lowest BCUT2D eigenvalue weighted by atomic mass is 10.2. The average molecular weight is 310 g/mol. The Kier molecular flexibility index (Phi) is 3.76. The van der Waals surface area contributed by atoms with Crippen molar-refractivity contribution in [3.63, 3.8) is 0 Å². The van der Waals surface area contributed by atoms with Crippen molar-refractivity contribution in [1.82, 2.24) is 14.8 Å². The second kappa shape index (κ2) is 5.30. The molecule has 1 aromatic heterocycles. The molecule has 0 saturated carbocycles. The molecule has 94 valence electrons. The molecule has 5 nitrogen and oxygen atoms in total. The van der Waals surface area contributed by atoms with E-state index in [9.17, 15) is 4.79 Å². The van der Waals surface area contributed by atoms with Crippen molar-refractivity contribution in [1.29, 1.82) is 0 Å². The van der Waals surface area contributed by atoms with Crippen LogP contribution < -0.4 is 4.74 Å². The van der Waals surface area contributed by atoms with E-state index in [1.807, 2.05) is 18.5 Å². The SMILES string of the molecule is Cc1nnc(COc2ccc(Br)c(C=O)c2)n1C. The van der Waals surface area contributed by atoms with Crippen molar-refractivity contribution < 1.29 is 9.53 Å². The van der Waals surface area contributed by atoms with Crippen LogP contribution in [0.5, 0.6) is 5.75 Å². The normalized spacial score (nSPS) is 10.4. The van der Waals surface area contributed by atoms with E-state index in [1.54, 1.807) is 18.2 Å². The van der Waals surface area contributed by atoms with Gasteiger partial charge in [0.05, 0.1) is 0 Å². The highest BCUT2D eigenvalue weighted by Gasteiger charge is 2.06. The average Bonchev–Trinajstić information content (AvgIpc) is 2.69. The van der Waals surface area contributed by atoms with Crippen molar-refractivity contribution in [3.8, 4) is 5.75 Å². The first kappa shape index (κ1) is 12.8. The molecule has 0 fully saturated rings. The monoisotopic (exact) mass is 309 g/mol. The maximum Gasteiger partial charge on any atom is 0.170 e. The van der Waals surface area contributed by atoms with Gasteiger partial charge in [0.1, 0.15) is 18.2 Å². The summed E-state index contributed by atoms with van der Waals surface area (Å²) >= 11 is 3.29. The number of carbonyl (C=O) groups excluding carboxylic acids is 1. The molecule has 0 N–H and O–H groups in total. The van der Waals surface area contributed by atoms with Crippen molar-refractivity contribution in [3.05, 3.63) is 39.9 Å². The molecule has 6 heteroatoms. The summed E-state index contributed by atoms with van der Waals surface area (Å²) in [5.41, 5.74) is 0.557. The van der Waals surface area contributed by atoms with Crippen LogP contribution in [0, 0.1) is 6.92 Å². The topological polar surface area (TPSA) is 57.0 Å². The third-order valence-corrected chi connectivity index (χ3v) is 3.37. The predicted octanol–water partition coefficient (Wildman–Crippen LogP) is 2.28. The maximum atomic E-state index is 10.8. The number of benzene rings is 1. The van der Waals surface area contributed by atoms with Crippen LogP contribution in [-0.2, 0) is 13.7 Å². The highest BCUT2D eigenvalue weighted by molar-refractivity contribution is 9.10. The van der Waals surface area contributed by atoms with E-state index in [2.05, 4.69) is 26.1 Å². The standard InChI is InChI=1S/C12H12BrN3O2/c1-8-14-15-12(16(8)2)7-18-10-3-4-11(13)9(5-10)6-17/h3-6H,7H2,1-2H3. The van der Waals surface area contributed by atoms with Crippen LogP contribution >= 0.6 is 15.9 Å². The van der Waals surface area contributed by atoms with E-state index in [4.69, 9.17) is 4.74 Å². The molecule has 2 rings (SSSR count). The Morgan fingerprint density at radius 1 is 1.44 bits per heavy atom. The highest BCUT2D eigenvalue weighted by atomic mass is 79.9. The smallest absolute Gasteiger partial charge is 0.170 e. The molecule has 0 spiro atoms. The molecule has 2 aromatic rings. The molecule has 1 aromatic carbocycles. The van der Waals surface area contributed by atoms with Crippen LogP contribution in [0.25, 0.3) is 0 Å². The zero-order chi connectivity index (χ0) is 13.1. The van der Waals surface area contributed by atoms with Gasteiger partial charge in [-0.15, -0.1) is 10.2 Å². The molecule has 0 atom stereocenters. The fourth-order valence-corrected chi connectivity index (χ4v) is 1.77. The quantitative estimate of drug-likeness (QED) is 0.813. The number of halogens is 1. The minimum absolute atomic E-state index is 0.317. The van der Waals surface area contributed by atoms with E-state index in [0.29, 0.717) is 17.9 Å². The Hall–Kier alpha value is -1.69. The van der Waals surface area contributed by atoms with E-state index in [-0.39, 0.29) is 0 Å². The van der Waals surface area contributed by atoms with Gasteiger partial charge >= 0.3 is 0 Å². The lowest BCUT2D eigenvalue weighted by Gasteiger charge is -2.07. The van der Waals surface area contributed by atoms with Crippen molar-refractivity contribution in [2.75, 3.05) is 0 Å². The van der Waals surface area contributed by atoms with E-state index in [0.717, 1.165) is 22.4 Å². The van der Waals surface area contributed by atoms with Gasteiger partial charge in [-0.25, -0.2) is 0 Å². The van der Waals surface area contributed by atoms with Gasteiger partial charge in [-0.3, -0.25) is 4.79 Å². The highest BCUT2D eigenvalue weighted by Crippen LogP contribution is 2.21. The van der Waals surface area contributed by atoms with Gasteiger partial charge in [0.15, 0.2) is 12.1 Å². The number of hydrogen-bond acceptors (Lipinski definition) is 4. The largest absolute Gasteiger partial charge is 0.486 e. The van der Waals surface area contributed by atoms with Gasteiger partial charge in [0.2, 0.25) is 0 Å². The number of hydrogen-bond donors (Lipinski definition) is 0. The number of aryl methyl sites for hydroxylation is 1. The Labute approximate surface area is 113 Å². The molecule has 0 unspecified atom stereocenters. The summed E-state index contributed by atoms with van der Waals surface area (Å²) in [5, 5.41) is 7.95. The number of aromatic nitrogens is 3. The number of carbonyl (C=O) groups is 1. The lowest BCUT2D eigenvalue weighted by Crippen LogP contribution is -2.04. The Balaban J connectivity index is 2.11. The number of rotatable bonds is 4. The molecule has 0 aliphatic heterocycles. The van der Waals surface area contributed by atoms with Gasteiger partial charge in [0, 0.05) is 17.1 Å². The third kappa shape index (κ3) is 2.59. The molecule has 0 aliphatic rings.